The molecule has 0 fully saturated rings. The molecule has 0 aromatic heterocycles. The summed E-state index contributed by atoms with van der Waals surface area (Å²) in [6, 6.07) is 0. The number of carbonyl (C=O) groups is 2. The van der Waals surface area contributed by atoms with Gasteiger partial charge in [0.25, 0.3) is 0 Å². The Morgan fingerprint density at radius 1 is 0.690 bits per heavy atom. The van der Waals surface area contributed by atoms with Crippen molar-refractivity contribution in [1.82, 2.24) is 0 Å². The van der Waals surface area contributed by atoms with Gasteiger partial charge in [0.1, 0.15) is 0 Å². The van der Waals surface area contributed by atoms with E-state index >= 15 is 0 Å². The summed E-state index contributed by atoms with van der Waals surface area (Å²) in [5.74, 6) is -15.6. The molecule has 162 valence electrons. The zero-order valence-corrected chi connectivity index (χ0v) is 16.0. The topological polar surface area (TPSA) is 52.6 Å². The second-order valence-corrected chi connectivity index (χ2v) is 6.30. The molecule has 0 saturated carbocycles. The summed E-state index contributed by atoms with van der Waals surface area (Å²) in [6.45, 7) is 2.27. The van der Waals surface area contributed by atoms with Gasteiger partial charge in [-0.3, -0.25) is 0 Å². The van der Waals surface area contributed by atoms with Gasteiger partial charge in [-0.15, -0.1) is 0 Å². The number of ether oxygens (including phenoxy) is 2. The van der Waals surface area contributed by atoms with E-state index in [1.807, 2.05) is 0 Å². The van der Waals surface area contributed by atoms with Crippen molar-refractivity contribution in [3.05, 3.63) is 41.2 Å². The van der Waals surface area contributed by atoms with Gasteiger partial charge in [-0.05, 0) is 6.42 Å². The van der Waals surface area contributed by atoms with Crippen LogP contribution in [-0.2, 0) is 14.3 Å². The Labute approximate surface area is 165 Å². The summed E-state index contributed by atoms with van der Waals surface area (Å²) in [7, 11) is 0. The van der Waals surface area contributed by atoms with Crippen molar-refractivity contribution in [2.75, 3.05) is 6.61 Å². The molecule has 1 rings (SSSR count). The predicted octanol–water partition coefficient (Wildman–Crippen LogP) is 5.53. The zero-order valence-electron chi connectivity index (χ0n) is 16.0. The highest BCUT2D eigenvalue weighted by molar-refractivity contribution is 5.92. The lowest BCUT2D eigenvalue weighted by Crippen LogP contribution is -2.12. The molecule has 0 bridgehead atoms. The summed E-state index contributed by atoms with van der Waals surface area (Å²) >= 11 is 0. The maximum Gasteiger partial charge on any atom is 0.336 e. The van der Waals surface area contributed by atoms with Crippen molar-refractivity contribution in [3.8, 4) is 5.75 Å². The average molecular weight is 422 g/mol. The van der Waals surface area contributed by atoms with Crippen molar-refractivity contribution in [3.63, 3.8) is 0 Å². The number of unbranched alkanes of at least 4 members (excludes halogenated alkanes) is 7. The Morgan fingerprint density at radius 2 is 1.14 bits per heavy atom. The monoisotopic (exact) mass is 422 g/mol. The summed E-state index contributed by atoms with van der Waals surface area (Å²) in [4.78, 5) is 22.9. The molecular formula is C20H23F5O4. The van der Waals surface area contributed by atoms with Crippen LogP contribution in [0.4, 0.5) is 22.0 Å². The maximum absolute atomic E-state index is 13.4. The van der Waals surface area contributed by atoms with Gasteiger partial charge in [0.05, 0.1) is 6.61 Å². The number of hydrogen-bond donors (Lipinski definition) is 0. The molecule has 1 aromatic carbocycles. The summed E-state index contributed by atoms with van der Waals surface area (Å²) in [6.07, 6.45) is 9.53. The minimum Gasteiger partial charge on any atom is -0.463 e. The summed E-state index contributed by atoms with van der Waals surface area (Å²) in [5.41, 5.74) is 0. The molecule has 0 heterocycles. The lowest BCUT2D eigenvalue weighted by atomic mass is 10.1. The van der Waals surface area contributed by atoms with Gasteiger partial charge < -0.3 is 9.47 Å². The zero-order chi connectivity index (χ0) is 21.8. The highest BCUT2D eigenvalue weighted by Gasteiger charge is 2.28. The first kappa shape index (κ1) is 24.6. The van der Waals surface area contributed by atoms with E-state index in [2.05, 4.69) is 11.7 Å². The SMILES string of the molecule is CCCCCCCCCCOC(=O)/C=C/C(=O)Oc1c(F)c(F)c(F)c(F)c1F. The number of carbonyl (C=O) groups excluding carboxylic acids is 2. The summed E-state index contributed by atoms with van der Waals surface area (Å²) in [5, 5.41) is 0. The van der Waals surface area contributed by atoms with Crippen LogP contribution < -0.4 is 4.74 Å². The van der Waals surface area contributed by atoms with Gasteiger partial charge >= 0.3 is 11.9 Å². The van der Waals surface area contributed by atoms with E-state index in [0.717, 1.165) is 19.3 Å². The van der Waals surface area contributed by atoms with Crippen molar-refractivity contribution in [1.29, 1.82) is 0 Å². The van der Waals surface area contributed by atoms with Crippen LogP contribution in [0.2, 0.25) is 0 Å². The van der Waals surface area contributed by atoms with Crippen LogP contribution in [0, 0.1) is 29.1 Å². The Bertz CT molecular complexity index is 705. The van der Waals surface area contributed by atoms with E-state index in [1.54, 1.807) is 0 Å². The standard InChI is InChI=1S/C20H23F5O4/c1-2-3-4-5-6-7-8-9-12-28-13(26)10-11-14(27)29-20-18(24)16(22)15(21)17(23)19(20)25/h10-11H,2-9,12H2,1H3/b11-10+. The van der Waals surface area contributed by atoms with Crippen LogP contribution in [0.15, 0.2) is 12.2 Å². The van der Waals surface area contributed by atoms with E-state index in [4.69, 9.17) is 4.74 Å². The third-order valence-electron chi connectivity index (χ3n) is 3.97. The quantitative estimate of drug-likeness (QED) is 0.0846. The van der Waals surface area contributed by atoms with Crippen LogP contribution in [-0.4, -0.2) is 18.5 Å². The number of benzene rings is 1. The molecule has 0 atom stereocenters. The van der Waals surface area contributed by atoms with Crippen LogP contribution in [0.5, 0.6) is 5.75 Å². The van der Waals surface area contributed by atoms with Crippen LogP contribution in [0.25, 0.3) is 0 Å². The van der Waals surface area contributed by atoms with E-state index in [0.29, 0.717) is 18.6 Å². The third-order valence-corrected chi connectivity index (χ3v) is 3.97. The maximum atomic E-state index is 13.4. The molecule has 0 unspecified atom stereocenters. The molecule has 0 aliphatic carbocycles. The van der Waals surface area contributed by atoms with E-state index in [-0.39, 0.29) is 6.61 Å². The van der Waals surface area contributed by atoms with E-state index in [1.165, 1.54) is 25.7 Å². The number of halogens is 5. The molecule has 9 heteroatoms. The number of rotatable bonds is 12. The van der Waals surface area contributed by atoms with Gasteiger partial charge in [-0.25, -0.2) is 22.8 Å². The third kappa shape index (κ3) is 8.21. The van der Waals surface area contributed by atoms with E-state index < -0.39 is 46.8 Å². The normalized spacial score (nSPS) is 11.1. The Balaban J connectivity index is 2.37. The largest absolute Gasteiger partial charge is 0.463 e. The Kier molecular flexibility index (Phi) is 10.9. The number of esters is 2. The minimum absolute atomic E-state index is 0.130. The second-order valence-electron chi connectivity index (χ2n) is 6.30. The van der Waals surface area contributed by atoms with E-state index in [9.17, 15) is 31.5 Å². The molecular weight excluding hydrogens is 399 g/mol. The van der Waals surface area contributed by atoms with Crippen LogP contribution in [0.3, 0.4) is 0 Å². The van der Waals surface area contributed by atoms with Gasteiger partial charge in [0.2, 0.25) is 34.8 Å². The molecule has 29 heavy (non-hydrogen) atoms. The van der Waals surface area contributed by atoms with Crippen LogP contribution >= 0.6 is 0 Å². The highest BCUT2D eigenvalue weighted by atomic mass is 19.2. The van der Waals surface area contributed by atoms with Crippen molar-refractivity contribution in [2.24, 2.45) is 0 Å². The van der Waals surface area contributed by atoms with Crippen molar-refractivity contribution < 1.29 is 41.0 Å². The fourth-order valence-corrected chi connectivity index (χ4v) is 2.40. The molecule has 0 saturated heterocycles. The second kappa shape index (κ2) is 12.9. The molecule has 0 aliphatic rings. The van der Waals surface area contributed by atoms with Gasteiger partial charge in [-0.1, -0.05) is 51.9 Å². The Hall–Kier alpha value is -2.45. The predicted molar refractivity (Wildman–Crippen MR) is 94.6 cm³/mol. The number of hydrogen-bond acceptors (Lipinski definition) is 4. The van der Waals surface area contributed by atoms with Gasteiger partial charge in [-0.2, -0.15) is 8.78 Å². The average Bonchev–Trinajstić information content (AvgIpc) is 2.71. The minimum atomic E-state index is -2.38. The lowest BCUT2D eigenvalue weighted by Gasteiger charge is -2.07. The van der Waals surface area contributed by atoms with Crippen LogP contribution in [0.1, 0.15) is 58.3 Å². The molecule has 4 nitrogen and oxygen atoms in total. The first-order valence-corrected chi connectivity index (χ1v) is 9.37. The Morgan fingerprint density at radius 3 is 1.69 bits per heavy atom. The lowest BCUT2D eigenvalue weighted by molar-refractivity contribution is -0.138. The molecule has 0 spiro atoms. The van der Waals surface area contributed by atoms with Gasteiger partial charge in [0.15, 0.2) is 0 Å². The smallest absolute Gasteiger partial charge is 0.336 e. The molecule has 0 amide bonds. The molecule has 0 radical (unpaired) electrons. The van der Waals surface area contributed by atoms with Crippen molar-refractivity contribution in [2.45, 2.75) is 58.3 Å². The molecule has 1 aromatic rings. The first-order valence-electron chi connectivity index (χ1n) is 9.37. The van der Waals surface area contributed by atoms with Gasteiger partial charge in [0, 0.05) is 12.2 Å². The summed E-state index contributed by atoms with van der Waals surface area (Å²) < 4.78 is 74.7. The fraction of sp³-hybridized carbons (Fsp3) is 0.500. The first-order chi connectivity index (χ1) is 13.8. The molecule has 0 aliphatic heterocycles. The fourth-order valence-electron chi connectivity index (χ4n) is 2.40. The highest BCUT2D eigenvalue weighted by Crippen LogP contribution is 2.29. The molecule has 0 N–H and O–H groups in total. The van der Waals surface area contributed by atoms with Crippen molar-refractivity contribution >= 4 is 11.9 Å².